The zero-order valence-electron chi connectivity index (χ0n) is 11.1. The minimum Gasteiger partial charge on any atom is -0.467 e. The van der Waals surface area contributed by atoms with E-state index in [4.69, 9.17) is 11.3 Å². The summed E-state index contributed by atoms with van der Waals surface area (Å²) in [6, 6.07) is 5.78. The third-order valence-corrected chi connectivity index (χ3v) is 3.22. The van der Waals surface area contributed by atoms with E-state index in [1.807, 2.05) is 0 Å². The number of methoxy groups -OCH3 is 1. The van der Waals surface area contributed by atoms with Crippen molar-refractivity contribution < 1.29 is 14.3 Å². The Hall–Kier alpha value is -2.39. The standard InChI is InChI=1S/C14H15N3O3/c1-15-11-5-3-10(4-6-11)13(18)17-8-7-16-9-12(17)14(19)20-2/h3-6,12,16H,7-9H2,2H3. The highest BCUT2D eigenvalue weighted by Crippen LogP contribution is 2.16. The molecule has 0 aromatic heterocycles. The number of nitrogens with one attached hydrogen (secondary N) is 1. The smallest absolute Gasteiger partial charge is 0.329 e. The topological polar surface area (TPSA) is 63.0 Å². The number of rotatable bonds is 2. The number of hydrogen-bond acceptors (Lipinski definition) is 4. The Morgan fingerprint density at radius 3 is 2.70 bits per heavy atom. The molecule has 1 saturated heterocycles. The lowest BCUT2D eigenvalue weighted by Gasteiger charge is -2.34. The molecule has 0 bridgehead atoms. The average Bonchev–Trinajstić information content (AvgIpc) is 2.53. The number of carbonyl (C=O) groups is 2. The maximum atomic E-state index is 12.4. The molecule has 0 aliphatic carbocycles. The molecule has 6 heteroatoms. The Bertz CT molecular complexity index is 548. The lowest BCUT2D eigenvalue weighted by molar-refractivity contribution is -0.146. The van der Waals surface area contributed by atoms with E-state index in [1.165, 1.54) is 12.0 Å². The maximum absolute atomic E-state index is 12.4. The van der Waals surface area contributed by atoms with E-state index in [2.05, 4.69) is 10.2 Å². The highest BCUT2D eigenvalue weighted by molar-refractivity contribution is 5.97. The van der Waals surface area contributed by atoms with Crippen molar-refractivity contribution in [3.8, 4) is 0 Å². The highest BCUT2D eigenvalue weighted by Gasteiger charge is 2.33. The van der Waals surface area contributed by atoms with Crippen LogP contribution in [0.3, 0.4) is 0 Å². The Labute approximate surface area is 117 Å². The minimum atomic E-state index is -0.609. The molecule has 1 atom stereocenters. The van der Waals surface area contributed by atoms with Crippen LogP contribution < -0.4 is 5.32 Å². The van der Waals surface area contributed by atoms with Gasteiger partial charge in [0.25, 0.3) is 5.91 Å². The first kappa shape index (κ1) is 14.0. The lowest BCUT2D eigenvalue weighted by atomic mass is 10.1. The van der Waals surface area contributed by atoms with Gasteiger partial charge in [-0.3, -0.25) is 4.79 Å². The summed E-state index contributed by atoms with van der Waals surface area (Å²) in [5, 5.41) is 3.07. The van der Waals surface area contributed by atoms with Crippen molar-refractivity contribution in [3.05, 3.63) is 41.2 Å². The molecule has 0 spiro atoms. The molecule has 1 unspecified atom stereocenters. The van der Waals surface area contributed by atoms with Crippen molar-refractivity contribution in [2.75, 3.05) is 26.7 Å². The molecule has 1 N–H and O–H groups in total. The molecule has 1 fully saturated rings. The molecule has 0 radical (unpaired) electrons. The second-order valence-electron chi connectivity index (χ2n) is 4.40. The summed E-state index contributed by atoms with van der Waals surface area (Å²) in [5.41, 5.74) is 0.944. The Kier molecular flexibility index (Phi) is 4.33. The third-order valence-electron chi connectivity index (χ3n) is 3.22. The van der Waals surface area contributed by atoms with Crippen LogP contribution in [-0.4, -0.2) is 49.6 Å². The fraction of sp³-hybridized carbons (Fsp3) is 0.357. The fourth-order valence-corrected chi connectivity index (χ4v) is 2.14. The third kappa shape index (κ3) is 2.78. The van der Waals surface area contributed by atoms with Crippen LogP contribution >= 0.6 is 0 Å². The maximum Gasteiger partial charge on any atom is 0.329 e. The zero-order chi connectivity index (χ0) is 14.5. The first-order valence-electron chi connectivity index (χ1n) is 6.24. The van der Waals surface area contributed by atoms with Crippen LogP contribution in [0.5, 0.6) is 0 Å². The lowest BCUT2D eigenvalue weighted by Crippen LogP contribution is -2.57. The summed E-state index contributed by atoms with van der Waals surface area (Å²) >= 11 is 0. The molecule has 0 saturated carbocycles. The second kappa shape index (κ2) is 6.17. The van der Waals surface area contributed by atoms with Gasteiger partial charge in [0.2, 0.25) is 0 Å². The molecule has 1 aromatic carbocycles. The van der Waals surface area contributed by atoms with Crippen molar-refractivity contribution in [3.63, 3.8) is 0 Å². The summed E-state index contributed by atoms with van der Waals surface area (Å²) in [7, 11) is 1.31. The number of esters is 1. The Morgan fingerprint density at radius 1 is 1.40 bits per heavy atom. The summed E-state index contributed by atoms with van der Waals surface area (Å²) in [6.45, 7) is 8.36. The van der Waals surface area contributed by atoms with Crippen molar-refractivity contribution >= 4 is 17.6 Å². The van der Waals surface area contributed by atoms with Crippen LogP contribution in [0, 0.1) is 6.57 Å². The molecule has 1 amide bonds. The van der Waals surface area contributed by atoms with Crippen LogP contribution in [0.15, 0.2) is 24.3 Å². The SMILES string of the molecule is [C-]#[N+]c1ccc(C(=O)N2CCNCC2C(=O)OC)cc1. The average molecular weight is 273 g/mol. The van der Waals surface area contributed by atoms with E-state index < -0.39 is 12.0 Å². The Balaban J connectivity index is 2.20. The van der Waals surface area contributed by atoms with Gasteiger partial charge in [-0.2, -0.15) is 0 Å². The van der Waals surface area contributed by atoms with Crippen molar-refractivity contribution in [1.29, 1.82) is 0 Å². The molecular weight excluding hydrogens is 258 g/mol. The highest BCUT2D eigenvalue weighted by atomic mass is 16.5. The monoisotopic (exact) mass is 273 g/mol. The summed E-state index contributed by atoms with van der Waals surface area (Å²) < 4.78 is 4.73. The number of hydrogen-bond donors (Lipinski definition) is 1. The number of piperazine rings is 1. The van der Waals surface area contributed by atoms with Crippen LogP contribution in [0.25, 0.3) is 4.85 Å². The largest absolute Gasteiger partial charge is 0.467 e. The minimum absolute atomic E-state index is 0.224. The number of ether oxygens (including phenoxy) is 1. The van der Waals surface area contributed by atoms with Gasteiger partial charge in [0.05, 0.1) is 13.7 Å². The molecular formula is C14H15N3O3. The second-order valence-corrected chi connectivity index (χ2v) is 4.40. The molecule has 2 rings (SSSR count). The van der Waals surface area contributed by atoms with Gasteiger partial charge >= 0.3 is 5.97 Å². The molecule has 1 aliphatic rings. The van der Waals surface area contributed by atoms with Crippen LogP contribution in [0.1, 0.15) is 10.4 Å². The van der Waals surface area contributed by atoms with Crippen molar-refractivity contribution in [1.82, 2.24) is 10.2 Å². The summed E-state index contributed by atoms with van der Waals surface area (Å²) in [6.07, 6.45) is 0. The Morgan fingerprint density at radius 2 is 2.10 bits per heavy atom. The van der Waals surface area contributed by atoms with E-state index in [0.717, 1.165) is 0 Å². The normalized spacial score (nSPS) is 18.2. The summed E-state index contributed by atoms with van der Waals surface area (Å²) in [4.78, 5) is 29.0. The number of nitrogens with zero attached hydrogens (tertiary/aromatic N) is 2. The van der Waals surface area contributed by atoms with E-state index in [-0.39, 0.29) is 5.91 Å². The van der Waals surface area contributed by atoms with Gasteiger partial charge in [0, 0.05) is 25.2 Å². The first-order valence-corrected chi connectivity index (χ1v) is 6.24. The van der Waals surface area contributed by atoms with Gasteiger partial charge in [0.15, 0.2) is 5.69 Å². The van der Waals surface area contributed by atoms with E-state index >= 15 is 0 Å². The van der Waals surface area contributed by atoms with Crippen molar-refractivity contribution in [2.45, 2.75) is 6.04 Å². The number of benzene rings is 1. The molecule has 1 aliphatic heterocycles. The van der Waals surface area contributed by atoms with Gasteiger partial charge in [0.1, 0.15) is 6.04 Å². The first-order chi connectivity index (χ1) is 9.67. The number of carbonyl (C=O) groups excluding carboxylic acids is 2. The van der Waals surface area contributed by atoms with Crippen molar-refractivity contribution in [2.24, 2.45) is 0 Å². The van der Waals surface area contributed by atoms with E-state index in [0.29, 0.717) is 30.9 Å². The van der Waals surface area contributed by atoms with Crippen LogP contribution in [0.2, 0.25) is 0 Å². The predicted molar refractivity (Wildman–Crippen MR) is 72.4 cm³/mol. The molecule has 104 valence electrons. The van der Waals surface area contributed by atoms with Crippen LogP contribution in [-0.2, 0) is 9.53 Å². The van der Waals surface area contributed by atoms with E-state index in [1.54, 1.807) is 24.3 Å². The van der Waals surface area contributed by atoms with Gasteiger partial charge in [-0.15, -0.1) is 0 Å². The van der Waals surface area contributed by atoms with E-state index in [9.17, 15) is 9.59 Å². The number of amides is 1. The molecule has 1 aromatic rings. The quantitative estimate of drug-likeness (QED) is 0.640. The van der Waals surface area contributed by atoms with Gasteiger partial charge in [-0.1, -0.05) is 24.3 Å². The molecule has 6 nitrogen and oxygen atoms in total. The van der Waals surface area contributed by atoms with Gasteiger partial charge in [-0.05, 0) is 0 Å². The molecule has 20 heavy (non-hydrogen) atoms. The zero-order valence-corrected chi connectivity index (χ0v) is 11.1. The molecule has 1 heterocycles. The fourth-order valence-electron chi connectivity index (χ4n) is 2.14. The van der Waals surface area contributed by atoms with Gasteiger partial charge in [-0.25, -0.2) is 9.64 Å². The van der Waals surface area contributed by atoms with Crippen LogP contribution in [0.4, 0.5) is 5.69 Å². The predicted octanol–water partition coefficient (Wildman–Crippen LogP) is 0.824. The van der Waals surface area contributed by atoms with Gasteiger partial charge < -0.3 is 15.0 Å². The summed E-state index contributed by atoms with van der Waals surface area (Å²) in [5.74, 6) is -0.651.